The molecule has 2 heterocycles. The second-order valence-corrected chi connectivity index (χ2v) is 6.74. The van der Waals surface area contributed by atoms with Gasteiger partial charge in [-0.15, -0.1) is 0 Å². The average molecular weight is 389 g/mol. The molecule has 1 saturated heterocycles. The molecule has 1 aromatic carbocycles. The molecule has 1 N–H and O–H groups in total. The fraction of sp³-hybridized carbons (Fsp3) is 0.400. The first-order valence-electron chi connectivity index (χ1n) is 9.27. The van der Waals surface area contributed by atoms with Gasteiger partial charge in [0.25, 0.3) is 5.91 Å². The molecule has 1 amide bonds. The van der Waals surface area contributed by atoms with Crippen LogP contribution in [0.25, 0.3) is 0 Å². The van der Waals surface area contributed by atoms with Crippen molar-refractivity contribution in [3.8, 4) is 5.88 Å². The topological polar surface area (TPSA) is 57.7 Å². The van der Waals surface area contributed by atoms with E-state index in [-0.39, 0.29) is 11.6 Å². The van der Waals surface area contributed by atoms with Gasteiger partial charge in [-0.2, -0.15) is 0 Å². The van der Waals surface area contributed by atoms with Gasteiger partial charge in [-0.3, -0.25) is 9.69 Å². The smallest absolute Gasteiger partial charge is 0.271 e. The zero-order chi connectivity index (χ0) is 19.1. The van der Waals surface area contributed by atoms with Gasteiger partial charge in [0.05, 0.1) is 11.6 Å². The Labute approximate surface area is 165 Å². The predicted octanol–water partition coefficient (Wildman–Crippen LogP) is 2.69. The minimum Gasteiger partial charge on any atom is -0.478 e. The van der Waals surface area contributed by atoms with Gasteiger partial charge >= 0.3 is 0 Å². The number of nitrogens with zero attached hydrogens (tertiary/aromatic N) is 3. The third kappa shape index (κ3) is 5.34. The Bertz CT molecular complexity index is 749. The number of pyridine rings is 1. The van der Waals surface area contributed by atoms with Gasteiger partial charge in [-0.1, -0.05) is 29.8 Å². The number of rotatable bonds is 7. The maximum absolute atomic E-state index is 12.4. The van der Waals surface area contributed by atoms with Crippen molar-refractivity contribution < 1.29 is 9.53 Å². The Morgan fingerprint density at radius 1 is 1.15 bits per heavy atom. The van der Waals surface area contributed by atoms with Crippen LogP contribution in [0.1, 0.15) is 17.4 Å². The monoisotopic (exact) mass is 388 g/mol. The Morgan fingerprint density at radius 3 is 2.59 bits per heavy atom. The van der Waals surface area contributed by atoms with Crippen molar-refractivity contribution in [3.63, 3.8) is 0 Å². The molecule has 27 heavy (non-hydrogen) atoms. The van der Waals surface area contributed by atoms with Crippen molar-refractivity contribution in [2.45, 2.75) is 6.92 Å². The number of benzene rings is 1. The second kappa shape index (κ2) is 9.58. The third-order valence-corrected chi connectivity index (χ3v) is 4.84. The number of amides is 1. The number of para-hydroxylation sites is 1. The van der Waals surface area contributed by atoms with E-state index in [1.54, 1.807) is 12.1 Å². The minimum absolute atomic E-state index is 0.205. The molecule has 0 radical (unpaired) electrons. The van der Waals surface area contributed by atoms with Crippen LogP contribution < -0.4 is 15.0 Å². The summed E-state index contributed by atoms with van der Waals surface area (Å²) >= 11 is 6.10. The van der Waals surface area contributed by atoms with Gasteiger partial charge in [0.2, 0.25) is 5.88 Å². The Balaban J connectivity index is 1.44. The molecule has 0 atom stereocenters. The summed E-state index contributed by atoms with van der Waals surface area (Å²) in [5.74, 6) is 0.133. The van der Waals surface area contributed by atoms with E-state index in [1.807, 2.05) is 13.0 Å². The summed E-state index contributed by atoms with van der Waals surface area (Å²) in [6.07, 6.45) is 0. The standard InChI is InChI=1S/C20H25ClN4O2/c1-2-27-18-9-8-17(21)19(23-18)20(26)22-10-11-24-12-14-25(15-13-24)16-6-4-3-5-7-16/h3-9H,2,10-15H2,1H3,(H,22,26). The highest BCUT2D eigenvalue weighted by molar-refractivity contribution is 6.33. The van der Waals surface area contributed by atoms with E-state index < -0.39 is 0 Å². The van der Waals surface area contributed by atoms with E-state index in [9.17, 15) is 4.79 Å². The molecule has 1 aliphatic heterocycles. The summed E-state index contributed by atoms with van der Waals surface area (Å²) in [6, 6.07) is 13.7. The first kappa shape index (κ1) is 19.5. The minimum atomic E-state index is -0.274. The molecule has 2 aromatic rings. The first-order chi connectivity index (χ1) is 13.2. The lowest BCUT2D eigenvalue weighted by molar-refractivity contribution is 0.0942. The van der Waals surface area contributed by atoms with Crippen molar-refractivity contribution in [2.75, 3.05) is 50.8 Å². The van der Waals surface area contributed by atoms with Gasteiger partial charge < -0.3 is 15.0 Å². The van der Waals surface area contributed by atoms with Crippen molar-refractivity contribution in [1.82, 2.24) is 15.2 Å². The summed E-state index contributed by atoms with van der Waals surface area (Å²) in [5, 5.41) is 3.23. The average Bonchev–Trinajstić information content (AvgIpc) is 2.71. The zero-order valence-electron chi connectivity index (χ0n) is 15.5. The van der Waals surface area contributed by atoms with E-state index in [0.29, 0.717) is 24.1 Å². The second-order valence-electron chi connectivity index (χ2n) is 6.33. The Kier molecular flexibility index (Phi) is 6.90. The number of nitrogens with one attached hydrogen (secondary N) is 1. The molecule has 144 valence electrons. The van der Waals surface area contributed by atoms with Crippen LogP contribution >= 0.6 is 11.6 Å². The van der Waals surface area contributed by atoms with E-state index in [0.717, 1.165) is 32.7 Å². The first-order valence-corrected chi connectivity index (χ1v) is 9.65. The normalized spacial score (nSPS) is 14.8. The number of carbonyl (C=O) groups is 1. The van der Waals surface area contributed by atoms with Crippen molar-refractivity contribution >= 4 is 23.2 Å². The van der Waals surface area contributed by atoms with Gasteiger partial charge in [0.1, 0.15) is 0 Å². The Morgan fingerprint density at radius 2 is 1.89 bits per heavy atom. The van der Waals surface area contributed by atoms with Crippen LogP contribution in [0.2, 0.25) is 5.02 Å². The van der Waals surface area contributed by atoms with Crippen LogP contribution in [-0.4, -0.2) is 61.7 Å². The molecule has 0 bridgehead atoms. The van der Waals surface area contributed by atoms with E-state index in [1.165, 1.54) is 5.69 Å². The number of hydrogen-bond donors (Lipinski definition) is 1. The van der Waals surface area contributed by atoms with Crippen molar-refractivity contribution in [3.05, 3.63) is 53.2 Å². The van der Waals surface area contributed by atoms with Gasteiger partial charge in [0, 0.05) is 51.0 Å². The van der Waals surface area contributed by atoms with Gasteiger partial charge in [0.15, 0.2) is 5.69 Å². The molecule has 0 spiro atoms. The largest absolute Gasteiger partial charge is 0.478 e. The molecule has 7 heteroatoms. The maximum Gasteiger partial charge on any atom is 0.271 e. The van der Waals surface area contributed by atoms with Gasteiger partial charge in [-0.05, 0) is 25.1 Å². The van der Waals surface area contributed by atoms with E-state index >= 15 is 0 Å². The van der Waals surface area contributed by atoms with Crippen LogP contribution in [0.4, 0.5) is 5.69 Å². The molecule has 1 fully saturated rings. The van der Waals surface area contributed by atoms with Crippen LogP contribution in [0, 0.1) is 0 Å². The highest BCUT2D eigenvalue weighted by atomic mass is 35.5. The lowest BCUT2D eigenvalue weighted by atomic mass is 10.2. The molecular formula is C20H25ClN4O2. The summed E-state index contributed by atoms with van der Waals surface area (Å²) < 4.78 is 5.34. The maximum atomic E-state index is 12.4. The number of ether oxygens (including phenoxy) is 1. The van der Waals surface area contributed by atoms with Crippen molar-refractivity contribution in [1.29, 1.82) is 0 Å². The lowest BCUT2D eigenvalue weighted by Crippen LogP contribution is -2.48. The molecule has 0 aliphatic carbocycles. The van der Waals surface area contributed by atoms with Crippen LogP contribution in [-0.2, 0) is 0 Å². The highest BCUT2D eigenvalue weighted by Gasteiger charge is 2.18. The molecule has 6 nitrogen and oxygen atoms in total. The summed E-state index contributed by atoms with van der Waals surface area (Å²) in [5.41, 5.74) is 1.47. The molecule has 1 aliphatic rings. The van der Waals surface area contributed by atoms with Crippen molar-refractivity contribution in [2.24, 2.45) is 0 Å². The number of carbonyl (C=O) groups excluding carboxylic acids is 1. The van der Waals surface area contributed by atoms with Crippen LogP contribution in [0.15, 0.2) is 42.5 Å². The van der Waals surface area contributed by atoms with Crippen LogP contribution in [0.3, 0.4) is 0 Å². The number of piperazine rings is 1. The SMILES string of the molecule is CCOc1ccc(Cl)c(C(=O)NCCN2CCN(c3ccccc3)CC2)n1. The molecule has 0 saturated carbocycles. The Hall–Kier alpha value is -2.31. The quantitative estimate of drug-likeness (QED) is 0.790. The fourth-order valence-corrected chi connectivity index (χ4v) is 3.28. The predicted molar refractivity (Wildman–Crippen MR) is 108 cm³/mol. The summed E-state index contributed by atoms with van der Waals surface area (Å²) in [6.45, 7) is 7.65. The molecular weight excluding hydrogens is 364 g/mol. The summed E-state index contributed by atoms with van der Waals surface area (Å²) in [4.78, 5) is 21.3. The lowest BCUT2D eigenvalue weighted by Gasteiger charge is -2.36. The fourth-order valence-electron chi connectivity index (χ4n) is 3.09. The molecule has 1 aromatic heterocycles. The number of hydrogen-bond acceptors (Lipinski definition) is 5. The highest BCUT2D eigenvalue weighted by Crippen LogP contribution is 2.18. The van der Waals surface area contributed by atoms with E-state index in [4.69, 9.17) is 16.3 Å². The van der Waals surface area contributed by atoms with Gasteiger partial charge in [-0.25, -0.2) is 4.98 Å². The number of halogens is 1. The molecule has 0 unspecified atom stereocenters. The third-order valence-electron chi connectivity index (χ3n) is 4.53. The summed E-state index contributed by atoms with van der Waals surface area (Å²) in [7, 11) is 0. The number of aromatic nitrogens is 1. The molecule has 3 rings (SSSR count). The number of anilines is 1. The van der Waals surface area contributed by atoms with Crippen LogP contribution in [0.5, 0.6) is 5.88 Å². The zero-order valence-corrected chi connectivity index (χ0v) is 16.3. The van der Waals surface area contributed by atoms with E-state index in [2.05, 4.69) is 44.4 Å².